The van der Waals surface area contributed by atoms with E-state index in [-0.39, 0.29) is 28.8 Å². The quantitative estimate of drug-likeness (QED) is 0.297. The summed E-state index contributed by atoms with van der Waals surface area (Å²) >= 11 is 6.19. The van der Waals surface area contributed by atoms with Gasteiger partial charge in [-0.2, -0.15) is 5.10 Å². The van der Waals surface area contributed by atoms with E-state index in [1.807, 2.05) is 18.2 Å². The van der Waals surface area contributed by atoms with Gasteiger partial charge in [0.2, 0.25) is 0 Å². The van der Waals surface area contributed by atoms with Crippen LogP contribution in [0.4, 0.5) is 5.69 Å². The fourth-order valence-corrected chi connectivity index (χ4v) is 6.29. The van der Waals surface area contributed by atoms with Crippen LogP contribution in [-0.2, 0) is 22.7 Å². The Labute approximate surface area is 230 Å². The molecule has 0 fully saturated rings. The molecule has 0 aliphatic heterocycles. The largest absolute Gasteiger partial charge is 0.364 e. The molecule has 39 heavy (non-hydrogen) atoms. The zero-order valence-corrected chi connectivity index (χ0v) is 22.4. The fraction of sp³-hybridized carbons (Fsp3) is 0.179. The molecule has 2 amide bonds. The van der Waals surface area contributed by atoms with Crippen LogP contribution in [-0.4, -0.2) is 42.3 Å². The predicted molar refractivity (Wildman–Crippen MR) is 150 cm³/mol. The third kappa shape index (κ3) is 5.18. The third-order valence-electron chi connectivity index (χ3n) is 6.66. The summed E-state index contributed by atoms with van der Waals surface area (Å²) < 4.78 is 26.8. The molecule has 9 nitrogen and oxygen atoms in total. The van der Waals surface area contributed by atoms with Crippen molar-refractivity contribution in [1.29, 1.82) is 0 Å². The van der Waals surface area contributed by atoms with E-state index in [9.17, 15) is 18.0 Å². The number of aromatic nitrogens is 2. The zero-order valence-electron chi connectivity index (χ0n) is 20.9. The number of rotatable bonds is 8. The standard InChI is InChI=1S/C28H26ClN5O4S/c29-24-5-2-1-4-21(24)28(36)32-18-8-6-17-7-13-22-25(27(31)35)33-34(26(22)23(17)16-18)19-9-11-20(12-10-19)39(37,38)15-3-14-30/h1-2,4-6,8-12,16H,3,7,13-15,30H2,(H2,31,35)(H,32,36). The summed E-state index contributed by atoms with van der Waals surface area (Å²) in [6.07, 6.45) is 1.58. The van der Waals surface area contributed by atoms with E-state index in [2.05, 4.69) is 10.4 Å². The van der Waals surface area contributed by atoms with E-state index in [0.29, 0.717) is 52.5 Å². The summed E-state index contributed by atoms with van der Waals surface area (Å²) in [4.78, 5) is 25.4. The lowest BCUT2D eigenvalue weighted by Gasteiger charge is -2.20. The highest BCUT2D eigenvalue weighted by atomic mass is 35.5. The van der Waals surface area contributed by atoms with Crippen molar-refractivity contribution in [2.24, 2.45) is 11.5 Å². The number of aryl methyl sites for hydroxylation is 1. The van der Waals surface area contributed by atoms with E-state index >= 15 is 0 Å². The summed E-state index contributed by atoms with van der Waals surface area (Å²) in [5.41, 5.74) is 15.9. The van der Waals surface area contributed by atoms with Crippen molar-refractivity contribution in [2.45, 2.75) is 24.2 Å². The van der Waals surface area contributed by atoms with Gasteiger partial charge in [0.05, 0.1) is 32.6 Å². The zero-order chi connectivity index (χ0) is 27.7. The first-order valence-corrected chi connectivity index (χ1v) is 14.4. The maximum Gasteiger partial charge on any atom is 0.269 e. The third-order valence-corrected chi connectivity index (χ3v) is 8.81. The molecule has 5 rings (SSSR count). The van der Waals surface area contributed by atoms with E-state index in [1.54, 1.807) is 41.1 Å². The van der Waals surface area contributed by atoms with E-state index in [0.717, 1.165) is 11.1 Å². The molecule has 0 bridgehead atoms. The number of hydrogen-bond acceptors (Lipinski definition) is 6. The molecule has 0 unspecified atom stereocenters. The molecular formula is C28H26ClN5O4S. The number of hydrogen-bond donors (Lipinski definition) is 3. The van der Waals surface area contributed by atoms with Crippen LogP contribution in [0.2, 0.25) is 5.02 Å². The Morgan fingerprint density at radius 1 is 1.03 bits per heavy atom. The van der Waals surface area contributed by atoms with Crippen molar-refractivity contribution in [3.63, 3.8) is 0 Å². The smallest absolute Gasteiger partial charge is 0.269 e. The second-order valence-electron chi connectivity index (χ2n) is 9.21. The highest BCUT2D eigenvalue weighted by Gasteiger charge is 2.29. The highest BCUT2D eigenvalue weighted by molar-refractivity contribution is 7.91. The van der Waals surface area contributed by atoms with Crippen molar-refractivity contribution >= 4 is 38.9 Å². The number of carbonyl (C=O) groups is 2. The second kappa shape index (κ2) is 10.6. The number of fused-ring (bicyclic) bond motifs is 3. The Morgan fingerprint density at radius 2 is 1.77 bits per heavy atom. The van der Waals surface area contributed by atoms with Crippen molar-refractivity contribution < 1.29 is 18.0 Å². The molecule has 200 valence electrons. The molecule has 1 aliphatic carbocycles. The SMILES string of the molecule is NCCCS(=O)(=O)c1ccc(-n2nc(C(N)=O)c3c2-c2cc(NC(=O)c4ccccc4Cl)ccc2CC3)cc1. The topological polar surface area (TPSA) is 150 Å². The maximum absolute atomic E-state index is 12.9. The summed E-state index contributed by atoms with van der Waals surface area (Å²) in [6, 6.07) is 18.7. The minimum atomic E-state index is -3.47. The van der Waals surface area contributed by atoms with Crippen molar-refractivity contribution in [2.75, 3.05) is 17.6 Å². The number of nitrogens with two attached hydrogens (primary N) is 2. The summed E-state index contributed by atoms with van der Waals surface area (Å²) in [6.45, 7) is 0.285. The Kier molecular flexibility index (Phi) is 7.26. The van der Waals surface area contributed by atoms with Gasteiger partial charge in [-0.15, -0.1) is 0 Å². The molecule has 4 aromatic rings. The minimum absolute atomic E-state index is 0.0398. The minimum Gasteiger partial charge on any atom is -0.364 e. The first-order valence-electron chi connectivity index (χ1n) is 12.3. The molecule has 1 aromatic heterocycles. The lowest BCUT2D eigenvalue weighted by atomic mass is 9.88. The van der Waals surface area contributed by atoms with Crippen LogP contribution in [0.3, 0.4) is 0 Å². The fourth-order valence-electron chi connectivity index (χ4n) is 4.73. The van der Waals surface area contributed by atoms with Crippen LogP contribution >= 0.6 is 11.6 Å². The Hall–Kier alpha value is -3.99. The van der Waals surface area contributed by atoms with Gasteiger partial charge in [-0.25, -0.2) is 13.1 Å². The van der Waals surface area contributed by atoms with E-state index in [1.165, 1.54) is 12.1 Å². The summed E-state index contributed by atoms with van der Waals surface area (Å²) in [5, 5.41) is 7.75. The number of amides is 2. The van der Waals surface area contributed by atoms with Gasteiger partial charge in [0.25, 0.3) is 11.8 Å². The second-order valence-corrected chi connectivity index (χ2v) is 11.7. The first kappa shape index (κ1) is 26.6. The number of nitrogens with zero attached hydrogens (tertiary/aromatic N) is 2. The van der Waals surface area contributed by atoms with Crippen LogP contribution in [0, 0.1) is 0 Å². The van der Waals surface area contributed by atoms with Gasteiger partial charge in [0.15, 0.2) is 15.5 Å². The molecule has 11 heteroatoms. The van der Waals surface area contributed by atoms with E-state index in [4.69, 9.17) is 23.1 Å². The maximum atomic E-state index is 12.9. The molecule has 5 N–H and O–H groups in total. The van der Waals surface area contributed by atoms with Crippen LogP contribution in [0.1, 0.15) is 38.4 Å². The Morgan fingerprint density at radius 3 is 2.46 bits per heavy atom. The number of primary amides is 1. The molecule has 1 heterocycles. The van der Waals surface area contributed by atoms with Gasteiger partial charge in [0.1, 0.15) is 0 Å². The first-order chi connectivity index (χ1) is 18.7. The number of anilines is 1. The average Bonchev–Trinajstić information content (AvgIpc) is 3.33. The molecule has 1 aliphatic rings. The van der Waals surface area contributed by atoms with Crippen LogP contribution < -0.4 is 16.8 Å². The number of sulfone groups is 1. The van der Waals surface area contributed by atoms with Crippen molar-refractivity contribution in [3.05, 3.63) is 94.1 Å². The Bertz CT molecular complexity index is 1700. The average molecular weight is 564 g/mol. The highest BCUT2D eigenvalue weighted by Crippen LogP contribution is 2.38. The lowest BCUT2D eigenvalue weighted by molar-refractivity contribution is 0.0992. The van der Waals surface area contributed by atoms with Gasteiger partial charge >= 0.3 is 0 Å². The van der Waals surface area contributed by atoms with Crippen LogP contribution in [0.5, 0.6) is 0 Å². The monoisotopic (exact) mass is 563 g/mol. The van der Waals surface area contributed by atoms with Gasteiger partial charge < -0.3 is 16.8 Å². The molecule has 0 radical (unpaired) electrons. The van der Waals surface area contributed by atoms with Gasteiger partial charge in [0, 0.05) is 16.8 Å². The van der Waals surface area contributed by atoms with Gasteiger partial charge in [-0.05, 0) is 79.9 Å². The molecule has 0 spiro atoms. The van der Waals surface area contributed by atoms with Crippen molar-refractivity contribution in [3.8, 4) is 16.9 Å². The molecular weight excluding hydrogens is 538 g/mol. The number of nitrogens with one attached hydrogen (secondary N) is 1. The number of halogens is 1. The Balaban J connectivity index is 1.56. The molecule has 0 saturated carbocycles. The summed E-state index contributed by atoms with van der Waals surface area (Å²) in [5.74, 6) is -1.05. The normalized spacial score (nSPS) is 12.5. The molecule has 3 aromatic carbocycles. The number of carbonyl (C=O) groups excluding carboxylic acids is 2. The predicted octanol–water partition coefficient (Wildman–Crippen LogP) is 3.77. The lowest BCUT2D eigenvalue weighted by Crippen LogP contribution is -2.15. The molecule has 0 saturated heterocycles. The van der Waals surface area contributed by atoms with Crippen LogP contribution in [0.15, 0.2) is 71.6 Å². The van der Waals surface area contributed by atoms with Gasteiger partial charge in [-0.1, -0.05) is 29.8 Å². The van der Waals surface area contributed by atoms with Crippen LogP contribution in [0.25, 0.3) is 16.9 Å². The van der Waals surface area contributed by atoms with Gasteiger partial charge in [-0.3, -0.25) is 9.59 Å². The summed E-state index contributed by atoms with van der Waals surface area (Å²) in [7, 11) is -3.47. The molecule has 0 atom stereocenters. The van der Waals surface area contributed by atoms with E-state index < -0.39 is 15.7 Å². The van der Waals surface area contributed by atoms with Crippen molar-refractivity contribution in [1.82, 2.24) is 9.78 Å². The number of benzene rings is 3.